The molecule has 0 saturated carbocycles. The third-order valence-electron chi connectivity index (χ3n) is 4.45. The molecule has 122 valence electrons. The van der Waals surface area contributed by atoms with E-state index in [1.54, 1.807) is 0 Å². The Morgan fingerprint density at radius 3 is 2.59 bits per heavy atom. The Morgan fingerprint density at radius 1 is 1.27 bits per heavy atom. The van der Waals surface area contributed by atoms with E-state index in [9.17, 15) is 4.79 Å². The largest absolute Gasteiger partial charge is 0.355 e. The van der Waals surface area contributed by atoms with Crippen molar-refractivity contribution in [2.24, 2.45) is 5.92 Å². The first-order valence-electron chi connectivity index (χ1n) is 8.39. The van der Waals surface area contributed by atoms with E-state index in [0.29, 0.717) is 12.5 Å². The van der Waals surface area contributed by atoms with Gasteiger partial charge in [-0.15, -0.1) is 0 Å². The van der Waals surface area contributed by atoms with Gasteiger partial charge in [-0.05, 0) is 51.0 Å². The quantitative estimate of drug-likeness (QED) is 0.836. The third kappa shape index (κ3) is 5.78. The molecule has 0 aromatic heterocycles. The average molecular weight is 303 g/mol. The van der Waals surface area contributed by atoms with Gasteiger partial charge in [0.25, 0.3) is 0 Å². The zero-order valence-corrected chi connectivity index (χ0v) is 13.9. The van der Waals surface area contributed by atoms with E-state index in [1.807, 2.05) is 25.2 Å². The summed E-state index contributed by atoms with van der Waals surface area (Å²) in [5, 5.41) is 3.10. The monoisotopic (exact) mass is 303 g/mol. The molecule has 1 fully saturated rings. The highest BCUT2D eigenvalue weighted by molar-refractivity contribution is 5.77. The van der Waals surface area contributed by atoms with Crippen molar-refractivity contribution in [1.29, 1.82) is 0 Å². The summed E-state index contributed by atoms with van der Waals surface area (Å²) in [5.74, 6) is 0.780. The number of likely N-dealkylation sites (tertiary alicyclic amines) is 1. The second-order valence-corrected chi connectivity index (χ2v) is 6.34. The second kappa shape index (κ2) is 8.91. The molecular weight excluding hydrogens is 274 g/mol. The Labute approximate surface area is 134 Å². The van der Waals surface area contributed by atoms with Crippen LogP contribution in [0.2, 0.25) is 0 Å². The lowest BCUT2D eigenvalue weighted by molar-refractivity contribution is -0.122. The molecule has 1 aliphatic rings. The fourth-order valence-corrected chi connectivity index (χ4v) is 3.02. The number of piperidine rings is 1. The molecule has 1 saturated heterocycles. The predicted octanol–water partition coefficient (Wildman–Crippen LogP) is 1.97. The zero-order chi connectivity index (χ0) is 15.8. The summed E-state index contributed by atoms with van der Waals surface area (Å²) in [5.41, 5.74) is 1.24. The molecule has 1 heterocycles. The van der Waals surface area contributed by atoms with Gasteiger partial charge >= 0.3 is 0 Å². The number of hydrogen-bond donors (Lipinski definition) is 1. The first-order valence-corrected chi connectivity index (χ1v) is 8.39. The lowest BCUT2D eigenvalue weighted by Crippen LogP contribution is -2.41. The highest BCUT2D eigenvalue weighted by atomic mass is 16.2. The Balaban J connectivity index is 1.63. The number of carbonyl (C=O) groups excluding carboxylic acids is 1. The van der Waals surface area contributed by atoms with Crippen LogP contribution in [0, 0.1) is 5.92 Å². The summed E-state index contributed by atoms with van der Waals surface area (Å²) in [6, 6.07) is 10.3. The third-order valence-corrected chi connectivity index (χ3v) is 4.45. The summed E-state index contributed by atoms with van der Waals surface area (Å²) in [6.07, 6.45) is 2.40. The Bertz CT molecular complexity index is 441. The number of amides is 1. The SMILES string of the molecule is CCN1CCC(CNC(=O)CN(C)Cc2ccccc2)CC1. The van der Waals surface area contributed by atoms with Gasteiger partial charge in [-0.2, -0.15) is 0 Å². The topological polar surface area (TPSA) is 35.6 Å². The summed E-state index contributed by atoms with van der Waals surface area (Å²) in [7, 11) is 1.99. The maximum atomic E-state index is 12.0. The smallest absolute Gasteiger partial charge is 0.234 e. The van der Waals surface area contributed by atoms with Gasteiger partial charge in [0.2, 0.25) is 5.91 Å². The minimum atomic E-state index is 0.136. The lowest BCUT2D eigenvalue weighted by Gasteiger charge is -2.31. The average Bonchev–Trinajstić information content (AvgIpc) is 2.54. The van der Waals surface area contributed by atoms with Crippen LogP contribution in [-0.4, -0.2) is 55.5 Å². The number of nitrogens with zero attached hydrogens (tertiary/aromatic N) is 2. The molecule has 1 amide bonds. The molecule has 1 aromatic carbocycles. The molecule has 0 aliphatic carbocycles. The van der Waals surface area contributed by atoms with Crippen molar-refractivity contribution in [1.82, 2.24) is 15.1 Å². The zero-order valence-electron chi connectivity index (χ0n) is 13.9. The first-order chi connectivity index (χ1) is 10.7. The van der Waals surface area contributed by atoms with E-state index in [1.165, 1.54) is 31.5 Å². The second-order valence-electron chi connectivity index (χ2n) is 6.34. The van der Waals surface area contributed by atoms with E-state index in [4.69, 9.17) is 0 Å². The summed E-state index contributed by atoms with van der Waals surface area (Å²) >= 11 is 0. The number of rotatable bonds is 7. The number of nitrogens with one attached hydrogen (secondary N) is 1. The highest BCUT2D eigenvalue weighted by Crippen LogP contribution is 2.15. The van der Waals surface area contributed by atoms with Crippen molar-refractivity contribution in [3.8, 4) is 0 Å². The fourth-order valence-electron chi connectivity index (χ4n) is 3.02. The maximum absolute atomic E-state index is 12.0. The van der Waals surface area contributed by atoms with Gasteiger partial charge in [0.1, 0.15) is 0 Å². The molecule has 1 aliphatic heterocycles. The van der Waals surface area contributed by atoms with Gasteiger partial charge in [-0.25, -0.2) is 0 Å². The van der Waals surface area contributed by atoms with Crippen LogP contribution in [0.5, 0.6) is 0 Å². The molecule has 4 heteroatoms. The fraction of sp³-hybridized carbons (Fsp3) is 0.611. The minimum Gasteiger partial charge on any atom is -0.355 e. The van der Waals surface area contributed by atoms with Crippen molar-refractivity contribution >= 4 is 5.91 Å². The number of hydrogen-bond acceptors (Lipinski definition) is 3. The molecule has 0 unspecified atom stereocenters. The first kappa shape index (κ1) is 17.0. The molecular formula is C18H29N3O. The predicted molar refractivity (Wildman–Crippen MR) is 90.6 cm³/mol. The molecule has 2 rings (SSSR count). The van der Waals surface area contributed by atoms with Crippen molar-refractivity contribution in [3.63, 3.8) is 0 Å². The van der Waals surface area contributed by atoms with Crippen molar-refractivity contribution in [3.05, 3.63) is 35.9 Å². The number of likely N-dealkylation sites (N-methyl/N-ethyl adjacent to an activating group) is 1. The van der Waals surface area contributed by atoms with E-state index < -0.39 is 0 Å². The molecule has 22 heavy (non-hydrogen) atoms. The summed E-state index contributed by atoms with van der Waals surface area (Å²) in [6.45, 7) is 7.80. The van der Waals surface area contributed by atoms with Crippen LogP contribution in [0.25, 0.3) is 0 Å². The Hall–Kier alpha value is -1.39. The van der Waals surface area contributed by atoms with Gasteiger partial charge < -0.3 is 10.2 Å². The molecule has 0 atom stereocenters. The van der Waals surface area contributed by atoms with E-state index >= 15 is 0 Å². The highest BCUT2D eigenvalue weighted by Gasteiger charge is 2.18. The normalized spacial score (nSPS) is 16.9. The van der Waals surface area contributed by atoms with Gasteiger partial charge in [0, 0.05) is 13.1 Å². The summed E-state index contributed by atoms with van der Waals surface area (Å²) < 4.78 is 0. The van der Waals surface area contributed by atoms with E-state index in [0.717, 1.165) is 19.6 Å². The van der Waals surface area contributed by atoms with Gasteiger partial charge in [-0.1, -0.05) is 37.3 Å². The van der Waals surface area contributed by atoms with Gasteiger partial charge in [0.15, 0.2) is 0 Å². The Kier molecular flexibility index (Phi) is 6.87. The van der Waals surface area contributed by atoms with Crippen molar-refractivity contribution < 1.29 is 4.79 Å². The van der Waals surface area contributed by atoms with Crippen LogP contribution in [0.1, 0.15) is 25.3 Å². The molecule has 0 bridgehead atoms. The number of carbonyl (C=O) groups is 1. The molecule has 1 N–H and O–H groups in total. The number of benzene rings is 1. The van der Waals surface area contributed by atoms with E-state index in [-0.39, 0.29) is 5.91 Å². The minimum absolute atomic E-state index is 0.136. The molecule has 0 radical (unpaired) electrons. The van der Waals surface area contributed by atoms with Crippen molar-refractivity contribution in [2.45, 2.75) is 26.3 Å². The molecule has 0 spiro atoms. The molecule has 1 aromatic rings. The van der Waals surface area contributed by atoms with E-state index in [2.05, 4.69) is 34.2 Å². The standard InChI is InChI=1S/C18H29N3O/c1-3-21-11-9-16(10-12-21)13-19-18(22)15-20(2)14-17-7-5-4-6-8-17/h4-8,16H,3,9-15H2,1-2H3,(H,19,22). The van der Waals surface area contributed by atoms with Crippen LogP contribution >= 0.6 is 0 Å². The van der Waals surface area contributed by atoms with Crippen LogP contribution in [0.4, 0.5) is 0 Å². The van der Waals surface area contributed by atoms with Crippen LogP contribution in [0.15, 0.2) is 30.3 Å². The van der Waals surface area contributed by atoms with Gasteiger partial charge in [-0.3, -0.25) is 9.69 Å². The van der Waals surface area contributed by atoms with Crippen LogP contribution < -0.4 is 5.32 Å². The maximum Gasteiger partial charge on any atom is 0.234 e. The lowest BCUT2D eigenvalue weighted by atomic mass is 9.97. The van der Waals surface area contributed by atoms with Crippen LogP contribution in [0.3, 0.4) is 0 Å². The Morgan fingerprint density at radius 2 is 1.95 bits per heavy atom. The van der Waals surface area contributed by atoms with Crippen molar-refractivity contribution in [2.75, 3.05) is 39.8 Å². The van der Waals surface area contributed by atoms with Crippen LogP contribution in [-0.2, 0) is 11.3 Å². The van der Waals surface area contributed by atoms with Gasteiger partial charge in [0.05, 0.1) is 6.54 Å². The summed E-state index contributed by atoms with van der Waals surface area (Å²) in [4.78, 5) is 16.6. The molecule has 4 nitrogen and oxygen atoms in total.